The van der Waals surface area contributed by atoms with E-state index in [2.05, 4.69) is 11.4 Å². The van der Waals surface area contributed by atoms with Gasteiger partial charge in [-0.3, -0.25) is 9.69 Å². The second-order valence-corrected chi connectivity index (χ2v) is 5.69. The minimum Gasteiger partial charge on any atom is -0.481 e. The van der Waals surface area contributed by atoms with Crippen LogP contribution >= 0.6 is 0 Å². The molecule has 0 saturated carbocycles. The highest BCUT2D eigenvalue weighted by molar-refractivity contribution is 5.95. The molecule has 1 aliphatic rings. The first-order valence-electron chi connectivity index (χ1n) is 7.38. The number of carbonyl (C=O) groups excluding carboxylic acids is 1. The number of aliphatic carboxylic acids is 1. The van der Waals surface area contributed by atoms with Crippen LogP contribution in [0.15, 0.2) is 24.3 Å². The van der Waals surface area contributed by atoms with Crippen LogP contribution in [-0.4, -0.2) is 29.2 Å². The summed E-state index contributed by atoms with van der Waals surface area (Å²) >= 11 is 0. The van der Waals surface area contributed by atoms with Gasteiger partial charge in [-0.05, 0) is 44.7 Å². The van der Waals surface area contributed by atoms with Crippen LogP contribution < -0.4 is 10.2 Å². The van der Waals surface area contributed by atoms with Crippen LogP contribution in [0.3, 0.4) is 0 Å². The molecule has 114 valence electrons. The molecule has 0 saturated heterocycles. The Bertz CT molecular complexity index is 530. The molecule has 0 aliphatic carbocycles. The van der Waals surface area contributed by atoms with E-state index < -0.39 is 5.97 Å². The first-order chi connectivity index (χ1) is 9.99. The number of nitrogens with one attached hydrogen (secondary N) is 1. The molecule has 1 aliphatic heterocycles. The summed E-state index contributed by atoms with van der Waals surface area (Å²) in [5, 5.41) is 11.6. The average Bonchev–Trinajstić information content (AvgIpc) is 2.73. The van der Waals surface area contributed by atoms with Crippen molar-refractivity contribution in [2.75, 3.05) is 4.90 Å². The highest BCUT2D eigenvalue weighted by atomic mass is 16.4. The Morgan fingerprint density at radius 2 is 2.14 bits per heavy atom. The van der Waals surface area contributed by atoms with Gasteiger partial charge in [-0.2, -0.15) is 0 Å². The molecular formula is C16H22N2O3. The van der Waals surface area contributed by atoms with Gasteiger partial charge in [0.05, 0.1) is 0 Å². The number of para-hydroxylation sites is 1. The highest BCUT2D eigenvalue weighted by Gasteiger charge is 2.30. The number of carbonyl (C=O) groups is 2. The van der Waals surface area contributed by atoms with Crippen molar-refractivity contribution in [1.82, 2.24) is 5.32 Å². The normalized spacial score (nSPS) is 18.2. The molecule has 21 heavy (non-hydrogen) atoms. The maximum Gasteiger partial charge on any atom is 0.322 e. The van der Waals surface area contributed by atoms with E-state index in [1.807, 2.05) is 32.0 Å². The molecular weight excluding hydrogens is 268 g/mol. The lowest BCUT2D eigenvalue weighted by molar-refractivity contribution is -0.137. The number of carboxylic acid groups (broad SMARTS) is 1. The molecule has 2 N–H and O–H groups in total. The van der Waals surface area contributed by atoms with Crippen molar-refractivity contribution in [1.29, 1.82) is 0 Å². The monoisotopic (exact) mass is 290 g/mol. The Kier molecular flexibility index (Phi) is 4.83. The summed E-state index contributed by atoms with van der Waals surface area (Å²) in [6, 6.07) is 7.96. The van der Waals surface area contributed by atoms with Gasteiger partial charge in [0, 0.05) is 24.2 Å². The number of hydrogen-bond acceptors (Lipinski definition) is 2. The molecule has 5 heteroatoms. The maximum atomic E-state index is 12.4. The fourth-order valence-electron chi connectivity index (χ4n) is 2.79. The number of amides is 2. The molecule has 1 aromatic rings. The molecule has 2 atom stereocenters. The van der Waals surface area contributed by atoms with Gasteiger partial charge >= 0.3 is 12.0 Å². The largest absolute Gasteiger partial charge is 0.481 e. The minimum absolute atomic E-state index is 0.0307. The van der Waals surface area contributed by atoms with Crippen molar-refractivity contribution in [3.05, 3.63) is 29.8 Å². The highest BCUT2D eigenvalue weighted by Crippen LogP contribution is 2.31. The van der Waals surface area contributed by atoms with Gasteiger partial charge in [0.15, 0.2) is 0 Å². The Balaban J connectivity index is 1.93. The van der Waals surface area contributed by atoms with Gasteiger partial charge in [0.25, 0.3) is 0 Å². The van der Waals surface area contributed by atoms with Crippen LogP contribution in [0.25, 0.3) is 0 Å². The smallest absolute Gasteiger partial charge is 0.322 e. The lowest BCUT2D eigenvalue weighted by Crippen LogP contribution is -2.46. The third kappa shape index (κ3) is 3.74. The molecule has 0 spiro atoms. The van der Waals surface area contributed by atoms with Crippen LogP contribution in [0, 0.1) is 0 Å². The molecule has 1 heterocycles. The zero-order chi connectivity index (χ0) is 15.4. The summed E-state index contributed by atoms with van der Waals surface area (Å²) in [6.45, 7) is 3.95. The van der Waals surface area contributed by atoms with Gasteiger partial charge in [-0.25, -0.2) is 4.79 Å². The number of nitrogens with zero attached hydrogens (tertiary/aromatic N) is 1. The van der Waals surface area contributed by atoms with Crippen molar-refractivity contribution < 1.29 is 14.7 Å². The Labute approximate surface area is 125 Å². The van der Waals surface area contributed by atoms with Crippen LogP contribution in [0.5, 0.6) is 0 Å². The number of hydrogen-bond donors (Lipinski definition) is 2. The fraction of sp³-hybridized carbons (Fsp3) is 0.500. The van der Waals surface area contributed by atoms with Crippen molar-refractivity contribution in [3.63, 3.8) is 0 Å². The number of anilines is 1. The zero-order valence-electron chi connectivity index (χ0n) is 12.5. The third-order valence-electron chi connectivity index (χ3n) is 3.82. The Morgan fingerprint density at radius 1 is 1.43 bits per heavy atom. The third-order valence-corrected chi connectivity index (χ3v) is 3.82. The topological polar surface area (TPSA) is 69.6 Å². The van der Waals surface area contributed by atoms with E-state index in [0.717, 1.165) is 12.1 Å². The van der Waals surface area contributed by atoms with Gasteiger partial charge < -0.3 is 10.4 Å². The molecule has 0 radical (unpaired) electrons. The van der Waals surface area contributed by atoms with Gasteiger partial charge in [-0.15, -0.1) is 0 Å². The van der Waals surface area contributed by atoms with Crippen molar-refractivity contribution >= 4 is 17.7 Å². The van der Waals surface area contributed by atoms with Crippen molar-refractivity contribution in [3.8, 4) is 0 Å². The number of carboxylic acids is 1. The van der Waals surface area contributed by atoms with E-state index in [1.165, 1.54) is 5.56 Å². The SMILES string of the molecule is CC(CCCC(=O)O)NC(=O)N1c2ccccc2CC1C. The maximum absolute atomic E-state index is 12.4. The van der Waals surface area contributed by atoms with E-state index in [1.54, 1.807) is 4.90 Å². The molecule has 0 fully saturated rings. The van der Waals surface area contributed by atoms with Gasteiger partial charge in [0.1, 0.15) is 0 Å². The summed E-state index contributed by atoms with van der Waals surface area (Å²) in [6.07, 6.45) is 2.25. The quantitative estimate of drug-likeness (QED) is 0.876. The summed E-state index contributed by atoms with van der Waals surface area (Å²) in [4.78, 5) is 24.7. The predicted molar refractivity (Wildman–Crippen MR) is 81.6 cm³/mol. The molecule has 2 amide bonds. The molecule has 1 aromatic carbocycles. The number of urea groups is 1. The molecule has 5 nitrogen and oxygen atoms in total. The summed E-state index contributed by atoms with van der Waals surface area (Å²) in [5.74, 6) is -0.796. The van der Waals surface area contributed by atoms with Crippen LogP contribution in [0.2, 0.25) is 0 Å². The van der Waals surface area contributed by atoms with Crippen LogP contribution in [0.1, 0.15) is 38.7 Å². The molecule has 2 rings (SSSR count). The summed E-state index contributed by atoms with van der Waals surface area (Å²) in [7, 11) is 0. The lowest BCUT2D eigenvalue weighted by atomic mass is 10.1. The standard InChI is InChI=1S/C16H22N2O3/c1-11(6-5-9-15(19)20)17-16(21)18-12(2)10-13-7-3-4-8-14(13)18/h3-4,7-8,11-12H,5-6,9-10H2,1-2H3,(H,17,21)(H,19,20). The van der Waals surface area contributed by atoms with E-state index in [0.29, 0.717) is 12.8 Å². The second kappa shape index (κ2) is 6.61. The second-order valence-electron chi connectivity index (χ2n) is 5.69. The molecule has 0 bridgehead atoms. The van der Waals surface area contributed by atoms with Crippen molar-refractivity contribution in [2.45, 2.75) is 51.6 Å². The number of rotatable bonds is 5. The van der Waals surface area contributed by atoms with E-state index in [4.69, 9.17) is 5.11 Å². The molecule has 0 aromatic heterocycles. The Morgan fingerprint density at radius 3 is 2.86 bits per heavy atom. The average molecular weight is 290 g/mol. The predicted octanol–water partition coefficient (Wildman–Crippen LogP) is 2.79. The van der Waals surface area contributed by atoms with Crippen LogP contribution in [-0.2, 0) is 11.2 Å². The minimum atomic E-state index is -0.796. The molecule has 2 unspecified atom stereocenters. The Hall–Kier alpha value is -2.04. The van der Waals surface area contributed by atoms with E-state index in [9.17, 15) is 9.59 Å². The summed E-state index contributed by atoms with van der Waals surface area (Å²) < 4.78 is 0. The van der Waals surface area contributed by atoms with Crippen LogP contribution in [0.4, 0.5) is 10.5 Å². The zero-order valence-corrected chi connectivity index (χ0v) is 12.5. The summed E-state index contributed by atoms with van der Waals surface area (Å²) in [5.41, 5.74) is 2.17. The first kappa shape index (κ1) is 15.4. The van der Waals surface area contributed by atoms with E-state index >= 15 is 0 Å². The van der Waals surface area contributed by atoms with Gasteiger partial charge in [0.2, 0.25) is 0 Å². The van der Waals surface area contributed by atoms with E-state index in [-0.39, 0.29) is 24.5 Å². The fourth-order valence-corrected chi connectivity index (χ4v) is 2.79. The first-order valence-corrected chi connectivity index (χ1v) is 7.38. The van der Waals surface area contributed by atoms with Crippen molar-refractivity contribution in [2.24, 2.45) is 0 Å². The number of fused-ring (bicyclic) bond motifs is 1. The number of benzene rings is 1. The lowest BCUT2D eigenvalue weighted by Gasteiger charge is -2.25. The van der Waals surface area contributed by atoms with Gasteiger partial charge in [-0.1, -0.05) is 18.2 Å².